The van der Waals surface area contributed by atoms with Gasteiger partial charge in [-0.1, -0.05) is 72.8 Å². The molecule has 3 aromatic rings. The molecule has 3 rings (SSSR count). The van der Waals surface area contributed by atoms with Gasteiger partial charge in [0.25, 0.3) is 0 Å². The smallest absolute Gasteiger partial charge is 0.416 e. The number of alkyl halides is 3. The fraction of sp³-hybridized carbons (Fsp3) is 0.130. The number of nitrogens with zero attached hydrogens (tertiary/aromatic N) is 1. The molecule has 0 unspecified atom stereocenters. The van der Waals surface area contributed by atoms with E-state index in [2.05, 4.69) is 4.99 Å². The molecule has 0 aliphatic carbocycles. The Bertz CT molecular complexity index is 941. The number of halogens is 3. The molecule has 0 bridgehead atoms. The largest absolute Gasteiger partial charge is 0.480 e. The third kappa shape index (κ3) is 5.31. The number of aliphatic imine (C=N–C) groups is 1. The van der Waals surface area contributed by atoms with Crippen LogP contribution in [0.3, 0.4) is 0 Å². The molecular formula is C23H18F3NO2. The second-order valence-electron chi connectivity index (χ2n) is 6.46. The maximum absolute atomic E-state index is 12.7. The summed E-state index contributed by atoms with van der Waals surface area (Å²) in [5.74, 6) is -1.14. The summed E-state index contributed by atoms with van der Waals surface area (Å²) in [5, 5.41) is 9.67. The van der Waals surface area contributed by atoms with Crippen LogP contribution in [0.2, 0.25) is 0 Å². The van der Waals surface area contributed by atoms with Gasteiger partial charge < -0.3 is 5.11 Å². The van der Waals surface area contributed by atoms with Crippen molar-refractivity contribution < 1.29 is 23.1 Å². The van der Waals surface area contributed by atoms with Gasteiger partial charge in [0, 0.05) is 17.5 Å². The molecule has 1 atom stereocenters. The summed E-state index contributed by atoms with van der Waals surface area (Å²) in [6, 6.07) is 21.7. The lowest BCUT2D eigenvalue weighted by Crippen LogP contribution is -2.23. The van der Waals surface area contributed by atoms with E-state index in [1.165, 1.54) is 12.1 Å². The molecule has 0 aromatic heterocycles. The van der Waals surface area contributed by atoms with Gasteiger partial charge in [0.15, 0.2) is 6.04 Å². The van der Waals surface area contributed by atoms with Crippen molar-refractivity contribution >= 4 is 11.7 Å². The van der Waals surface area contributed by atoms with E-state index in [0.29, 0.717) is 11.3 Å². The van der Waals surface area contributed by atoms with Gasteiger partial charge in [-0.3, -0.25) is 4.99 Å². The molecule has 0 radical (unpaired) electrons. The fourth-order valence-electron chi connectivity index (χ4n) is 2.90. The van der Waals surface area contributed by atoms with Crippen LogP contribution in [-0.4, -0.2) is 22.8 Å². The van der Waals surface area contributed by atoms with E-state index in [4.69, 9.17) is 0 Å². The van der Waals surface area contributed by atoms with Gasteiger partial charge in [-0.05, 0) is 17.7 Å². The predicted octanol–water partition coefficient (Wildman–Crippen LogP) is 5.24. The quantitative estimate of drug-likeness (QED) is 0.579. The van der Waals surface area contributed by atoms with Crippen molar-refractivity contribution in [2.75, 3.05) is 0 Å². The zero-order valence-corrected chi connectivity index (χ0v) is 15.3. The molecule has 3 nitrogen and oxygen atoms in total. The number of aliphatic carboxylic acids is 1. The summed E-state index contributed by atoms with van der Waals surface area (Å²) < 4.78 is 38.2. The second kappa shape index (κ2) is 8.73. The van der Waals surface area contributed by atoms with E-state index in [0.717, 1.165) is 23.3 Å². The minimum atomic E-state index is -4.43. The summed E-state index contributed by atoms with van der Waals surface area (Å²) in [6.45, 7) is 0. The van der Waals surface area contributed by atoms with Crippen LogP contribution in [0.25, 0.3) is 0 Å². The lowest BCUT2D eigenvalue weighted by Gasteiger charge is -2.14. The number of hydrogen-bond acceptors (Lipinski definition) is 2. The zero-order valence-electron chi connectivity index (χ0n) is 15.3. The maximum Gasteiger partial charge on any atom is 0.416 e. The molecule has 29 heavy (non-hydrogen) atoms. The first-order chi connectivity index (χ1) is 13.8. The summed E-state index contributed by atoms with van der Waals surface area (Å²) in [6.07, 6.45) is -4.45. The van der Waals surface area contributed by atoms with Crippen LogP contribution in [0, 0.1) is 0 Å². The minimum absolute atomic E-state index is 0.0172. The van der Waals surface area contributed by atoms with Crippen molar-refractivity contribution in [3.8, 4) is 0 Å². The van der Waals surface area contributed by atoms with Crippen LogP contribution in [0.15, 0.2) is 89.9 Å². The Hall–Kier alpha value is -3.41. The first-order valence-corrected chi connectivity index (χ1v) is 8.92. The number of carbonyl (C=O) groups is 1. The highest BCUT2D eigenvalue weighted by Crippen LogP contribution is 2.29. The highest BCUT2D eigenvalue weighted by molar-refractivity contribution is 6.13. The van der Waals surface area contributed by atoms with Crippen LogP contribution < -0.4 is 0 Å². The lowest BCUT2D eigenvalue weighted by atomic mass is 10.0. The van der Waals surface area contributed by atoms with E-state index in [-0.39, 0.29) is 6.42 Å². The average Bonchev–Trinajstić information content (AvgIpc) is 2.72. The Morgan fingerprint density at radius 1 is 0.828 bits per heavy atom. The fourth-order valence-corrected chi connectivity index (χ4v) is 2.90. The normalized spacial score (nSPS) is 12.2. The van der Waals surface area contributed by atoms with Gasteiger partial charge in [0.05, 0.1) is 11.3 Å². The Kier molecular flexibility index (Phi) is 6.12. The number of carboxylic acid groups (broad SMARTS) is 1. The van der Waals surface area contributed by atoms with Gasteiger partial charge in [0.2, 0.25) is 0 Å². The number of rotatable bonds is 6. The van der Waals surface area contributed by atoms with Crippen molar-refractivity contribution in [2.45, 2.75) is 18.6 Å². The van der Waals surface area contributed by atoms with E-state index in [1.54, 1.807) is 0 Å². The average molecular weight is 397 g/mol. The molecular weight excluding hydrogens is 379 g/mol. The van der Waals surface area contributed by atoms with Crippen molar-refractivity contribution in [1.29, 1.82) is 0 Å². The number of benzene rings is 3. The van der Waals surface area contributed by atoms with Crippen molar-refractivity contribution in [3.63, 3.8) is 0 Å². The monoisotopic (exact) mass is 397 g/mol. The van der Waals surface area contributed by atoms with Gasteiger partial charge in [0.1, 0.15) is 0 Å². The molecule has 0 heterocycles. The molecule has 1 N–H and O–H groups in total. The summed E-state index contributed by atoms with van der Waals surface area (Å²) >= 11 is 0. The van der Waals surface area contributed by atoms with Gasteiger partial charge in [-0.15, -0.1) is 0 Å². The van der Waals surface area contributed by atoms with E-state index < -0.39 is 23.8 Å². The Balaban J connectivity index is 1.96. The van der Waals surface area contributed by atoms with Crippen LogP contribution in [0.4, 0.5) is 13.2 Å². The molecule has 148 valence electrons. The van der Waals surface area contributed by atoms with Crippen molar-refractivity contribution in [3.05, 3.63) is 107 Å². The molecule has 3 aromatic carbocycles. The van der Waals surface area contributed by atoms with Gasteiger partial charge >= 0.3 is 12.1 Å². The standard InChI is InChI=1S/C23H18F3NO2/c24-23(25,26)19-13-11-16(12-14-19)15-20(22(28)29)27-21(17-7-3-1-4-8-17)18-9-5-2-6-10-18/h1-14,20H,15H2,(H,28,29)/t20-/m0/s1. The van der Waals surface area contributed by atoms with Crippen molar-refractivity contribution in [2.24, 2.45) is 4.99 Å². The second-order valence-corrected chi connectivity index (χ2v) is 6.46. The lowest BCUT2D eigenvalue weighted by molar-refractivity contribution is -0.139. The molecule has 0 aliphatic heterocycles. The summed E-state index contributed by atoms with van der Waals surface area (Å²) in [7, 11) is 0. The van der Waals surface area contributed by atoms with Crippen LogP contribution in [-0.2, 0) is 17.4 Å². The predicted molar refractivity (Wildman–Crippen MR) is 105 cm³/mol. The molecule has 0 saturated carbocycles. The highest BCUT2D eigenvalue weighted by Gasteiger charge is 2.30. The molecule has 6 heteroatoms. The summed E-state index contributed by atoms with van der Waals surface area (Å²) in [4.78, 5) is 16.3. The molecule has 0 amide bonds. The molecule has 0 spiro atoms. The van der Waals surface area contributed by atoms with Crippen LogP contribution >= 0.6 is 0 Å². The molecule has 0 aliphatic rings. The first-order valence-electron chi connectivity index (χ1n) is 8.92. The van der Waals surface area contributed by atoms with Crippen LogP contribution in [0.1, 0.15) is 22.3 Å². The first kappa shape index (κ1) is 20.3. The SMILES string of the molecule is O=C(O)[C@H](Cc1ccc(C(F)(F)F)cc1)N=C(c1ccccc1)c1ccccc1. The third-order valence-electron chi connectivity index (χ3n) is 4.37. The third-order valence-corrected chi connectivity index (χ3v) is 4.37. The summed E-state index contributed by atoms with van der Waals surface area (Å²) in [5.41, 5.74) is 1.74. The number of carboxylic acids is 1. The van der Waals surface area contributed by atoms with E-state index in [1.807, 2.05) is 60.7 Å². The van der Waals surface area contributed by atoms with E-state index in [9.17, 15) is 23.1 Å². The Morgan fingerprint density at radius 3 is 1.72 bits per heavy atom. The Labute approximate surface area is 166 Å². The van der Waals surface area contributed by atoms with Gasteiger partial charge in [-0.25, -0.2) is 4.79 Å². The molecule has 0 fully saturated rings. The zero-order chi connectivity index (χ0) is 20.9. The maximum atomic E-state index is 12.7. The van der Waals surface area contributed by atoms with Crippen molar-refractivity contribution in [1.82, 2.24) is 0 Å². The molecule has 0 saturated heterocycles. The van der Waals surface area contributed by atoms with Crippen LogP contribution in [0.5, 0.6) is 0 Å². The number of hydrogen-bond donors (Lipinski definition) is 1. The van der Waals surface area contributed by atoms with Gasteiger partial charge in [-0.2, -0.15) is 13.2 Å². The minimum Gasteiger partial charge on any atom is -0.480 e. The van der Waals surface area contributed by atoms with E-state index >= 15 is 0 Å². The highest BCUT2D eigenvalue weighted by atomic mass is 19.4. The Morgan fingerprint density at radius 2 is 1.31 bits per heavy atom. The topological polar surface area (TPSA) is 49.7 Å².